The Balaban J connectivity index is 1.15. The van der Waals surface area contributed by atoms with Gasteiger partial charge in [-0.1, -0.05) is 60.7 Å². The van der Waals surface area contributed by atoms with Gasteiger partial charge in [0.15, 0.2) is 0 Å². The fraction of sp³-hybridized carbons (Fsp3) is 0.627. The van der Waals surface area contributed by atoms with E-state index in [2.05, 4.69) is 6.92 Å². The molecule has 3 aromatic rings. The third-order valence-electron chi connectivity index (χ3n) is 16.0. The topological polar surface area (TPSA) is 226 Å². The first-order chi connectivity index (χ1) is 40.7. The normalized spacial score (nSPS) is 30.8. The van der Waals surface area contributed by atoms with E-state index in [1.54, 1.807) is 49.9 Å². The fourth-order valence-corrected chi connectivity index (χ4v) is 14.1. The summed E-state index contributed by atoms with van der Waals surface area (Å²) >= 11 is 0. The van der Waals surface area contributed by atoms with Crippen LogP contribution in [0, 0.1) is 23.7 Å². The first-order valence-electron chi connectivity index (χ1n) is 29.2. The van der Waals surface area contributed by atoms with E-state index in [-0.39, 0.29) is 79.7 Å². The number of carbonyl (C=O) groups excluding carboxylic acids is 4. The molecule has 0 N–H and O–H groups in total. The summed E-state index contributed by atoms with van der Waals surface area (Å²) in [5.41, 5.74) is 1.52. The molecule has 0 spiro atoms. The fourth-order valence-electron chi connectivity index (χ4n) is 11.4. The minimum atomic E-state index is -2.01. The molecule has 0 saturated carbocycles. The van der Waals surface area contributed by atoms with Gasteiger partial charge in [-0.3, -0.25) is 4.90 Å². The monoisotopic (exact) mass is 1210 g/mol. The van der Waals surface area contributed by atoms with Gasteiger partial charge in [0.25, 0.3) is 0 Å². The van der Waals surface area contributed by atoms with E-state index in [0.29, 0.717) is 24.9 Å². The number of methoxy groups -OCH3 is 1. The van der Waals surface area contributed by atoms with Crippen LogP contribution < -0.4 is 9.64 Å². The number of benzene rings is 3. The zero-order valence-electron chi connectivity index (χ0n) is 50.5. The summed E-state index contributed by atoms with van der Waals surface area (Å²) < 4.78 is 108. The number of amides is 1. The third-order valence-corrected chi connectivity index (χ3v) is 19.0. The van der Waals surface area contributed by atoms with E-state index in [0.717, 1.165) is 24.6 Å². The molecule has 1 amide bonds. The molecule has 458 valence electrons. The van der Waals surface area contributed by atoms with E-state index in [1.807, 2.05) is 95.3 Å². The first kappa shape index (κ1) is 68.0. The number of anilines is 1. The van der Waals surface area contributed by atoms with Crippen LogP contribution in [0.15, 0.2) is 84.9 Å². The molecule has 4 saturated heterocycles. The van der Waals surface area contributed by atoms with Crippen molar-refractivity contribution in [2.24, 2.45) is 23.7 Å². The van der Waals surface area contributed by atoms with Crippen molar-refractivity contribution in [1.82, 2.24) is 0 Å². The van der Waals surface area contributed by atoms with Gasteiger partial charge in [-0.25, -0.2) is 9.59 Å². The van der Waals surface area contributed by atoms with Crippen molar-refractivity contribution in [3.8, 4) is 5.75 Å². The van der Waals surface area contributed by atoms with Crippen molar-refractivity contribution in [3.05, 3.63) is 96.1 Å². The zero-order valence-corrected chi connectivity index (χ0v) is 52.5. The van der Waals surface area contributed by atoms with Crippen molar-refractivity contribution >= 4 is 74.5 Å². The van der Waals surface area contributed by atoms with Crippen LogP contribution in [0.25, 0.3) is 0 Å². The number of nitrogens with zero attached hydrogens (tertiary/aromatic N) is 1. The van der Waals surface area contributed by atoms with Crippen molar-refractivity contribution < 1.29 is 90.2 Å². The SMILES string of the molecule is CC[C@H](C)C1O[C@H](O[C@H]2C([C@H]3COC(C)(C)O3)O[C@@](OCCOc3ccc(N(Cc4ccccc4)C(=O)OCc4ccccc4)cc3)(C(=O)OC)C[C@H]2C)C(OC(C)=O)[C@@H](O[C@H]2O[C@@H]([C@@H](C)CC)[C@@H](P[B]B=O)C(C)C2OC(C)=O)[C@@H]1P[B]B=O. The maximum absolute atomic E-state index is 14.2. The van der Waals surface area contributed by atoms with E-state index in [4.69, 9.17) is 61.6 Å². The Morgan fingerprint density at radius 2 is 1.28 bits per heavy atom. The van der Waals surface area contributed by atoms with Gasteiger partial charge in [0.2, 0.25) is 0 Å². The van der Waals surface area contributed by atoms with Crippen molar-refractivity contribution in [1.29, 1.82) is 0 Å². The Morgan fingerprint density at radius 3 is 1.85 bits per heavy atom. The van der Waals surface area contributed by atoms with Crippen LogP contribution in [-0.4, -0.2) is 163 Å². The Bertz CT molecular complexity index is 2640. The van der Waals surface area contributed by atoms with Gasteiger partial charge in [-0.05, 0) is 49.2 Å². The van der Waals surface area contributed by atoms with Crippen LogP contribution in [0.3, 0.4) is 0 Å². The zero-order chi connectivity index (χ0) is 61.4. The minimum absolute atomic E-state index is 0.00982. The second-order valence-electron chi connectivity index (χ2n) is 22.6. The van der Waals surface area contributed by atoms with Crippen LogP contribution in [0.4, 0.5) is 10.5 Å². The second kappa shape index (κ2) is 32.1. The maximum atomic E-state index is 14.2. The molecule has 7 unspecified atom stereocenters. The van der Waals surface area contributed by atoms with Gasteiger partial charge >= 0.3 is 324 Å². The molecular weight excluding hydrogens is 1130 g/mol. The molecule has 7 rings (SSSR count). The van der Waals surface area contributed by atoms with Crippen LogP contribution >= 0.6 is 16.9 Å². The second-order valence-corrected chi connectivity index (χ2v) is 25.3. The Morgan fingerprint density at radius 1 is 0.718 bits per heavy atom. The summed E-state index contributed by atoms with van der Waals surface area (Å²) in [6, 6.07) is 26.0. The molecule has 3 aromatic carbocycles. The Labute approximate surface area is 505 Å². The Kier molecular flexibility index (Phi) is 25.7. The number of hydrogen-bond donors (Lipinski definition) is 0. The molecule has 4 fully saturated rings. The number of rotatable bonds is 28. The number of esters is 3. The molecule has 4 aliphatic rings. The van der Waals surface area contributed by atoms with Gasteiger partial charge < -0.3 is 14.2 Å². The summed E-state index contributed by atoms with van der Waals surface area (Å²) in [6.07, 6.45) is -9.23. The number of carbonyl (C=O) groups is 4. The van der Waals surface area contributed by atoms with Gasteiger partial charge in [-0.2, -0.15) is 0 Å². The van der Waals surface area contributed by atoms with Gasteiger partial charge in [0.1, 0.15) is 19.0 Å². The summed E-state index contributed by atoms with van der Waals surface area (Å²) in [4.78, 5) is 55.7. The average Bonchev–Trinajstić information content (AvgIpc) is 4.03. The molecule has 26 heteroatoms. The van der Waals surface area contributed by atoms with Crippen molar-refractivity contribution in [3.63, 3.8) is 0 Å². The molecule has 2 radical (unpaired) electrons. The summed E-state index contributed by atoms with van der Waals surface area (Å²) in [5.74, 6) is -5.84. The van der Waals surface area contributed by atoms with E-state index in [1.165, 1.54) is 27.8 Å². The quantitative estimate of drug-likeness (QED) is 0.0221. The van der Waals surface area contributed by atoms with Crippen molar-refractivity contribution in [2.75, 3.05) is 31.8 Å². The van der Waals surface area contributed by atoms with Crippen LogP contribution in [0.2, 0.25) is 0 Å². The van der Waals surface area contributed by atoms with Crippen LogP contribution in [0.1, 0.15) is 99.6 Å². The van der Waals surface area contributed by atoms with E-state index < -0.39 is 109 Å². The summed E-state index contributed by atoms with van der Waals surface area (Å²) in [7, 11) is 2.56. The summed E-state index contributed by atoms with van der Waals surface area (Å²) in [6.45, 7) is 21.2. The van der Waals surface area contributed by atoms with Gasteiger partial charge in [-0.15, -0.1) is 0 Å². The van der Waals surface area contributed by atoms with E-state index >= 15 is 0 Å². The summed E-state index contributed by atoms with van der Waals surface area (Å²) in [5, 5.41) is 0. The molecule has 0 bridgehead atoms. The average molecular weight is 1210 g/mol. The van der Waals surface area contributed by atoms with Crippen LogP contribution in [0.5, 0.6) is 5.75 Å². The third kappa shape index (κ3) is 17.9. The number of ether oxygens (including phenoxy) is 13. The molecular formula is C59H81B4NO19P2. The molecule has 19 atom stereocenters. The van der Waals surface area contributed by atoms with E-state index in [9.17, 15) is 28.6 Å². The van der Waals surface area contributed by atoms with Crippen molar-refractivity contribution in [2.45, 2.75) is 186 Å². The molecule has 0 aliphatic carbocycles. The predicted octanol–water partition coefficient (Wildman–Crippen LogP) is 7.95. The van der Waals surface area contributed by atoms with Gasteiger partial charge in [0, 0.05) is 5.69 Å². The van der Waals surface area contributed by atoms with Crippen LogP contribution in [-0.2, 0) is 93.8 Å². The first-order valence-corrected chi connectivity index (χ1v) is 31.6. The van der Waals surface area contributed by atoms with Gasteiger partial charge in [0.05, 0.1) is 20.3 Å². The predicted molar refractivity (Wildman–Crippen MR) is 320 cm³/mol. The standard InChI is InChI=1S/C59H81B4NO19P2/c1-12-34(3)46-52(84-62-60-69)37(6)48(76-38(7)65)54(79-46)81-50-51(77-39(8)66)55(80-47(35(4)13-2)53(50)85-63-61-70)78-45-36(5)30-59(56(67)71-11,83-49(45)44-33-75-58(9,10)82-44)74-29-28-72-43-26-24-42(25-27-43)64(31-40-20-16-14-17-21-40)57(68)73-32-41-22-18-15-19-23-41/h14-27,34-37,44-55,84-85H,12-13,28-33H2,1-11H3/t34-,35-,36+,37?,44+,45+,46-,47?,48?,49?,50+,51?,52-,53+,54+,55-,59+/m0/s1. The molecule has 4 heterocycles. The molecule has 20 nitrogen and oxygen atoms in total. The molecule has 0 aromatic heterocycles. The molecule has 4 aliphatic heterocycles. The number of hydrogen-bond acceptors (Lipinski definition) is 19. The Hall–Kier alpha value is -4.46. The molecule has 85 heavy (non-hydrogen) atoms.